The van der Waals surface area contributed by atoms with Gasteiger partial charge in [-0.2, -0.15) is 5.10 Å². The van der Waals surface area contributed by atoms with Crippen molar-refractivity contribution in [2.45, 2.75) is 20.8 Å². The molecular weight excluding hydrogens is 403 g/mol. The van der Waals surface area contributed by atoms with Crippen LogP contribution in [0, 0.1) is 24.3 Å². The summed E-state index contributed by atoms with van der Waals surface area (Å²) < 4.78 is 6.74. The normalized spacial score (nSPS) is 10.8. The second-order valence-corrected chi connectivity index (χ2v) is 6.61. The Hall–Kier alpha value is -1.89. The Balaban J connectivity index is 1.88. The van der Waals surface area contributed by atoms with Gasteiger partial charge in [0.05, 0.1) is 6.21 Å². The summed E-state index contributed by atoms with van der Waals surface area (Å²) in [5, 5.41) is 3.95. The molecule has 0 unspecified atom stereocenters. The number of hydrogen-bond donors (Lipinski definition) is 1. The van der Waals surface area contributed by atoms with Crippen LogP contribution < -0.4 is 10.2 Å². The zero-order valence-electron chi connectivity index (χ0n) is 13.4. The molecule has 5 heteroatoms. The van der Waals surface area contributed by atoms with E-state index >= 15 is 0 Å². The fourth-order valence-electron chi connectivity index (χ4n) is 2.33. The Kier molecular flexibility index (Phi) is 6.15. The first-order valence-electron chi connectivity index (χ1n) is 7.24. The number of nitrogens with zero attached hydrogens (tertiary/aromatic N) is 1. The van der Waals surface area contributed by atoms with Crippen LogP contribution >= 0.6 is 22.6 Å². The fourth-order valence-corrected chi connectivity index (χ4v) is 2.90. The minimum absolute atomic E-state index is 0.0611. The van der Waals surface area contributed by atoms with Crippen molar-refractivity contribution < 1.29 is 9.53 Å². The zero-order valence-corrected chi connectivity index (χ0v) is 15.5. The molecule has 2 rings (SSSR count). The maximum Gasteiger partial charge on any atom is 0.277 e. The van der Waals surface area contributed by atoms with Gasteiger partial charge < -0.3 is 4.74 Å². The van der Waals surface area contributed by atoms with Crippen molar-refractivity contribution >= 4 is 34.7 Å². The minimum Gasteiger partial charge on any atom is -0.483 e. The molecule has 0 saturated heterocycles. The van der Waals surface area contributed by atoms with Gasteiger partial charge in [-0.05, 0) is 72.2 Å². The molecule has 0 heterocycles. The Morgan fingerprint density at radius 1 is 1.22 bits per heavy atom. The maximum absolute atomic E-state index is 11.8. The highest BCUT2D eigenvalue weighted by Crippen LogP contribution is 2.24. The van der Waals surface area contributed by atoms with Crippen molar-refractivity contribution in [1.82, 2.24) is 5.43 Å². The van der Waals surface area contributed by atoms with Crippen LogP contribution in [0.3, 0.4) is 0 Å². The van der Waals surface area contributed by atoms with E-state index in [1.165, 1.54) is 5.56 Å². The van der Waals surface area contributed by atoms with Crippen LogP contribution in [0.15, 0.2) is 41.5 Å². The molecule has 0 aliphatic heterocycles. The van der Waals surface area contributed by atoms with Crippen LogP contribution in [0.2, 0.25) is 0 Å². The number of nitrogens with one attached hydrogen (secondary N) is 1. The molecular formula is C18H19IN2O2. The van der Waals surface area contributed by atoms with E-state index < -0.39 is 0 Å². The third kappa shape index (κ3) is 5.35. The predicted octanol–water partition coefficient (Wildman–Crippen LogP) is 3.75. The molecule has 0 bridgehead atoms. The van der Waals surface area contributed by atoms with E-state index in [2.05, 4.69) is 33.1 Å². The van der Waals surface area contributed by atoms with E-state index in [1.807, 2.05) is 57.2 Å². The first kappa shape index (κ1) is 17.5. The lowest BCUT2D eigenvalue weighted by Gasteiger charge is -2.12. The zero-order chi connectivity index (χ0) is 16.8. The van der Waals surface area contributed by atoms with Crippen molar-refractivity contribution in [2.75, 3.05) is 6.61 Å². The molecule has 0 atom stereocenters. The number of carbonyl (C=O) groups is 1. The molecule has 0 radical (unpaired) electrons. The van der Waals surface area contributed by atoms with Gasteiger partial charge in [0.1, 0.15) is 5.75 Å². The average Bonchev–Trinajstić information content (AvgIpc) is 2.46. The predicted molar refractivity (Wildman–Crippen MR) is 101 cm³/mol. The van der Waals surface area contributed by atoms with Crippen LogP contribution in [-0.2, 0) is 4.79 Å². The minimum atomic E-state index is -0.286. The summed E-state index contributed by atoms with van der Waals surface area (Å²) >= 11 is 2.23. The molecule has 1 N–H and O–H groups in total. The molecule has 4 nitrogen and oxygen atoms in total. The molecule has 0 aromatic heterocycles. The first-order valence-corrected chi connectivity index (χ1v) is 8.31. The van der Waals surface area contributed by atoms with Crippen molar-refractivity contribution in [3.63, 3.8) is 0 Å². The summed E-state index contributed by atoms with van der Waals surface area (Å²) in [4.78, 5) is 11.8. The van der Waals surface area contributed by atoms with Gasteiger partial charge >= 0.3 is 0 Å². The Labute approximate surface area is 150 Å². The molecule has 0 fully saturated rings. The van der Waals surface area contributed by atoms with Crippen LogP contribution in [0.25, 0.3) is 0 Å². The van der Waals surface area contributed by atoms with Gasteiger partial charge in [-0.3, -0.25) is 4.79 Å². The summed E-state index contributed by atoms with van der Waals surface area (Å²) in [6.45, 7) is 5.93. The van der Waals surface area contributed by atoms with Gasteiger partial charge in [0, 0.05) is 3.57 Å². The highest BCUT2D eigenvalue weighted by atomic mass is 127. The van der Waals surface area contributed by atoms with Gasteiger partial charge in [-0.25, -0.2) is 5.43 Å². The number of rotatable bonds is 5. The molecule has 23 heavy (non-hydrogen) atoms. The second kappa shape index (κ2) is 8.10. The monoisotopic (exact) mass is 422 g/mol. The Morgan fingerprint density at radius 3 is 2.57 bits per heavy atom. The largest absolute Gasteiger partial charge is 0.483 e. The SMILES string of the molecule is Cc1cc(C)c(OCC(=O)N/N=C/c2cccc(I)c2)c(C)c1. The molecule has 1 amide bonds. The quantitative estimate of drug-likeness (QED) is 0.454. The van der Waals surface area contributed by atoms with Gasteiger partial charge in [-0.1, -0.05) is 29.8 Å². The number of ether oxygens (including phenoxy) is 1. The van der Waals surface area contributed by atoms with E-state index in [0.717, 1.165) is 26.0 Å². The molecule has 0 spiro atoms. The van der Waals surface area contributed by atoms with Crippen LogP contribution in [0.5, 0.6) is 5.75 Å². The third-order valence-corrected chi connectivity index (χ3v) is 3.87. The summed E-state index contributed by atoms with van der Waals surface area (Å²) in [5.74, 6) is 0.471. The second-order valence-electron chi connectivity index (χ2n) is 5.36. The molecule has 0 aliphatic carbocycles. The van der Waals surface area contributed by atoms with Gasteiger partial charge in [0.2, 0.25) is 0 Å². The number of aryl methyl sites for hydroxylation is 3. The van der Waals surface area contributed by atoms with Crippen LogP contribution in [0.4, 0.5) is 0 Å². The third-order valence-electron chi connectivity index (χ3n) is 3.20. The van der Waals surface area contributed by atoms with Crippen molar-refractivity contribution in [2.24, 2.45) is 5.10 Å². The highest BCUT2D eigenvalue weighted by Gasteiger charge is 2.07. The first-order chi connectivity index (χ1) is 11.0. The lowest BCUT2D eigenvalue weighted by molar-refractivity contribution is -0.123. The Bertz CT molecular complexity index is 719. The van der Waals surface area contributed by atoms with E-state index in [-0.39, 0.29) is 12.5 Å². The fraction of sp³-hybridized carbons (Fsp3) is 0.222. The number of hydrogen-bond acceptors (Lipinski definition) is 3. The highest BCUT2D eigenvalue weighted by molar-refractivity contribution is 14.1. The van der Waals surface area contributed by atoms with Crippen LogP contribution in [0.1, 0.15) is 22.3 Å². The standard InChI is InChI=1S/C18H19IN2O2/c1-12-7-13(2)18(14(3)8-12)23-11-17(22)21-20-10-15-5-4-6-16(19)9-15/h4-10H,11H2,1-3H3,(H,21,22)/b20-10+. The molecule has 0 saturated carbocycles. The van der Waals surface area contributed by atoms with Crippen molar-refractivity contribution in [3.8, 4) is 5.75 Å². The number of carbonyl (C=O) groups excluding carboxylic acids is 1. The average molecular weight is 422 g/mol. The van der Waals surface area contributed by atoms with Crippen LogP contribution in [-0.4, -0.2) is 18.7 Å². The number of amides is 1. The number of benzene rings is 2. The van der Waals surface area contributed by atoms with Gasteiger partial charge in [-0.15, -0.1) is 0 Å². The Morgan fingerprint density at radius 2 is 1.91 bits per heavy atom. The van der Waals surface area contributed by atoms with Gasteiger partial charge in [0.25, 0.3) is 5.91 Å². The van der Waals surface area contributed by atoms with E-state index in [0.29, 0.717) is 0 Å². The summed E-state index contributed by atoms with van der Waals surface area (Å²) in [7, 11) is 0. The molecule has 0 aliphatic rings. The maximum atomic E-state index is 11.8. The topological polar surface area (TPSA) is 50.7 Å². The van der Waals surface area contributed by atoms with Crippen molar-refractivity contribution in [1.29, 1.82) is 0 Å². The van der Waals surface area contributed by atoms with Gasteiger partial charge in [0.15, 0.2) is 6.61 Å². The molecule has 120 valence electrons. The van der Waals surface area contributed by atoms with E-state index in [1.54, 1.807) is 6.21 Å². The van der Waals surface area contributed by atoms with E-state index in [9.17, 15) is 4.79 Å². The lowest BCUT2D eigenvalue weighted by atomic mass is 10.1. The lowest BCUT2D eigenvalue weighted by Crippen LogP contribution is -2.25. The van der Waals surface area contributed by atoms with Crippen molar-refractivity contribution in [3.05, 3.63) is 62.2 Å². The smallest absolute Gasteiger partial charge is 0.277 e. The molecule has 2 aromatic rings. The summed E-state index contributed by atoms with van der Waals surface area (Å²) in [6, 6.07) is 11.9. The molecule has 2 aromatic carbocycles. The number of halogens is 1. The summed E-state index contributed by atoms with van der Waals surface area (Å²) in [5.41, 5.74) is 6.64. The summed E-state index contributed by atoms with van der Waals surface area (Å²) in [6.07, 6.45) is 1.61. The number of hydrazone groups is 1. The van der Waals surface area contributed by atoms with E-state index in [4.69, 9.17) is 4.74 Å².